The molecule has 0 aliphatic carbocycles. The number of anilines is 1. The molecule has 41 heavy (non-hydrogen) atoms. The largest absolute Gasteiger partial charge is 0.357 e. The molecule has 0 saturated carbocycles. The molecule has 0 radical (unpaired) electrons. The maximum Gasteiger partial charge on any atom is 0.264 e. The number of likely N-dealkylation sites (N-methyl/N-ethyl adjacent to an activating group) is 1. The number of rotatable bonds is 11. The first-order chi connectivity index (χ1) is 19.7. The number of amides is 2. The summed E-state index contributed by atoms with van der Waals surface area (Å²) < 4.78 is 28.8. The van der Waals surface area contributed by atoms with Gasteiger partial charge in [0.15, 0.2) is 0 Å². The number of halogens is 2. The molecule has 0 aliphatic heterocycles. The molecule has 1 unspecified atom stereocenters. The molecule has 0 saturated heterocycles. The van der Waals surface area contributed by atoms with E-state index in [0.717, 1.165) is 15.4 Å². The van der Waals surface area contributed by atoms with Gasteiger partial charge in [-0.1, -0.05) is 89.9 Å². The van der Waals surface area contributed by atoms with Gasteiger partial charge in [-0.2, -0.15) is 0 Å². The predicted molar refractivity (Wildman–Crippen MR) is 162 cm³/mol. The van der Waals surface area contributed by atoms with Crippen LogP contribution < -0.4 is 9.62 Å². The highest BCUT2D eigenvalue weighted by atomic mass is 35.5. The molecule has 0 spiro atoms. The average molecular weight is 611 g/mol. The Balaban J connectivity index is 1.77. The van der Waals surface area contributed by atoms with Crippen LogP contribution in [0.1, 0.15) is 11.1 Å². The molecule has 0 bridgehead atoms. The Bertz CT molecular complexity index is 1580. The lowest BCUT2D eigenvalue weighted by Gasteiger charge is -2.33. The molecule has 4 aromatic rings. The highest BCUT2D eigenvalue weighted by Crippen LogP contribution is 2.28. The summed E-state index contributed by atoms with van der Waals surface area (Å²) in [6.45, 7) is -0.477. The zero-order valence-corrected chi connectivity index (χ0v) is 24.6. The minimum atomic E-state index is -4.23. The van der Waals surface area contributed by atoms with Crippen LogP contribution in [-0.2, 0) is 32.6 Å². The quantitative estimate of drug-likeness (QED) is 0.241. The molecule has 0 heterocycles. The van der Waals surface area contributed by atoms with Crippen molar-refractivity contribution in [1.82, 2.24) is 10.2 Å². The summed E-state index contributed by atoms with van der Waals surface area (Å²) in [5, 5.41) is 3.34. The Morgan fingerprint density at radius 1 is 0.780 bits per heavy atom. The smallest absolute Gasteiger partial charge is 0.264 e. The van der Waals surface area contributed by atoms with Crippen LogP contribution in [0.3, 0.4) is 0 Å². The number of hydrogen-bond acceptors (Lipinski definition) is 4. The van der Waals surface area contributed by atoms with E-state index >= 15 is 0 Å². The van der Waals surface area contributed by atoms with E-state index in [1.54, 1.807) is 18.2 Å². The summed E-state index contributed by atoms with van der Waals surface area (Å²) in [4.78, 5) is 28.8. The Kier molecular flexibility index (Phi) is 10.0. The zero-order valence-electron chi connectivity index (χ0n) is 22.3. The van der Waals surface area contributed by atoms with Gasteiger partial charge in [0.05, 0.1) is 10.6 Å². The van der Waals surface area contributed by atoms with Gasteiger partial charge in [0, 0.05) is 30.1 Å². The third-order valence-electron chi connectivity index (χ3n) is 6.49. The lowest BCUT2D eigenvalue weighted by atomic mass is 10.0. The second-order valence-corrected chi connectivity index (χ2v) is 12.0. The van der Waals surface area contributed by atoms with Gasteiger partial charge in [-0.3, -0.25) is 13.9 Å². The predicted octanol–water partition coefficient (Wildman–Crippen LogP) is 5.57. The van der Waals surface area contributed by atoms with Crippen molar-refractivity contribution in [3.8, 4) is 0 Å². The van der Waals surface area contributed by atoms with Gasteiger partial charge in [-0.05, 0) is 53.6 Å². The highest BCUT2D eigenvalue weighted by molar-refractivity contribution is 7.92. The molecule has 0 fully saturated rings. The van der Waals surface area contributed by atoms with E-state index in [1.807, 2.05) is 60.7 Å². The van der Waals surface area contributed by atoms with E-state index in [4.69, 9.17) is 23.2 Å². The standard InChI is InChI=1S/C31H29Cl2N3O4S/c1-34-31(38)29(19-23-9-4-2-5-10-23)35(21-24-11-6-3-7-12-24)30(37)22-36(27-14-8-13-26(33)20-27)41(39,40)28-17-15-25(32)16-18-28/h2-18,20,29H,19,21-22H2,1H3,(H,34,38). The van der Waals surface area contributed by atoms with Crippen molar-refractivity contribution in [1.29, 1.82) is 0 Å². The topological polar surface area (TPSA) is 86.8 Å². The van der Waals surface area contributed by atoms with Gasteiger partial charge in [0.25, 0.3) is 10.0 Å². The van der Waals surface area contributed by atoms with Crippen molar-refractivity contribution in [2.24, 2.45) is 0 Å². The van der Waals surface area contributed by atoms with Gasteiger partial charge >= 0.3 is 0 Å². The fourth-order valence-electron chi connectivity index (χ4n) is 4.39. The molecule has 1 atom stereocenters. The highest BCUT2D eigenvalue weighted by Gasteiger charge is 2.34. The monoisotopic (exact) mass is 609 g/mol. The normalized spacial score (nSPS) is 11.9. The summed E-state index contributed by atoms with van der Waals surface area (Å²) in [5.41, 5.74) is 1.85. The molecule has 4 aromatic carbocycles. The Labute approximate surface area is 250 Å². The molecule has 0 aliphatic rings. The van der Waals surface area contributed by atoms with E-state index in [2.05, 4.69) is 5.32 Å². The van der Waals surface area contributed by atoms with Crippen molar-refractivity contribution in [2.45, 2.75) is 23.9 Å². The van der Waals surface area contributed by atoms with Crippen LogP contribution in [0.2, 0.25) is 10.0 Å². The number of nitrogens with one attached hydrogen (secondary N) is 1. The summed E-state index contributed by atoms with van der Waals surface area (Å²) in [6.07, 6.45) is 0.236. The van der Waals surface area contributed by atoms with Crippen LogP contribution >= 0.6 is 23.2 Å². The summed E-state index contributed by atoms with van der Waals surface area (Å²) in [5.74, 6) is -0.927. The van der Waals surface area contributed by atoms with E-state index in [1.165, 1.54) is 42.3 Å². The molecule has 0 aromatic heterocycles. The first-order valence-corrected chi connectivity index (χ1v) is 15.0. The van der Waals surface area contributed by atoms with Gasteiger partial charge in [0.1, 0.15) is 12.6 Å². The van der Waals surface area contributed by atoms with Crippen molar-refractivity contribution < 1.29 is 18.0 Å². The Morgan fingerprint density at radius 2 is 1.39 bits per heavy atom. The number of hydrogen-bond donors (Lipinski definition) is 1. The first kappa shape index (κ1) is 30.1. The molecular formula is C31H29Cl2N3O4S. The number of carbonyl (C=O) groups is 2. The lowest BCUT2D eigenvalue weighted by Crippen LogP contribution is -2.53. The molecule has 1 N–H and O–H groups in total. The lowest BCUT2D eigenvalue weighted by molar-refractivity contribution is -0.139. The number of sulfonamides is 1. The molecular weight excluding hydrogens is 581 g/mol. The van der Waals surface area contributed by atoms with Crippen molar-refractivity contribution in [3.05, 3.63) is 130 Å². The van der Waals surface area contributed by atoms with Gasteiger partial charge in [-0.15, -0.1) is 0 Å². The fourth-order valence-corrected chi connectivity index (χ4v) is 6.11. The Hall–Kier alpha value is -3.85. The number of nitrogens with zero attached hydrogens (tertiary/aromatic N) is 2. The molecule has 10 heteroatoms. The van der Waals surface area contributed by atoms with E-state index in [0.29, 0.717) is 10.0 Å². The van der Waals surface area contributed by atoms with Gasteiger partial charge in [0.2, 0.25) is 11.8 Å². The minimum absolute atomic E-state index is 0.0450. The second-order valence-electron chi connectivity index (χ2n) is 9.27. The Morgan fingerprint density at radius 3 is 1.98 bits per heavy atom. The fraction of sp³-hybridized carbons (Fsp3) is 0.161. The zero-order chi connectivity index (χ0) is 29.4. The molecule has 212 valence electrons. The summed E-state index contributed by atoms with van der Waals surface area (Å²) in [7, 11) is -2.72. The first-order valence-electron chi connectivity index (χ1n) is 12.8. The maximum absolute atomic E-state index is 14.2. The van der Waals surface area contributed by atoms with Crippen LogP contribution in [-0.4, -0.2) is 44.8 Å². The number of carbonyl (C=O) groups excluding carboxylic acids is 2. The van der Waals surface area contributed by atoms with Crippen LogP contribution in [0.4, 0.5) is 5.69 Å². The third-order valence-corrected chi connectivity index (χ3v) is 8.77. The third kappa shape index (κ3) is 7.67. The number of benzene rings is 4. The molecule has 2 amide bonds. The van der Waals surface area contributed by atoms with Crippen molar-refractivity contribution in [2.75, 3.05) is 17.9 Å². The maximum atomic E-state index is 14.2. The van der Waals surface area contributed by atoms with Crippen LogP contribution in [0.5, 0.6) is 0 Å². The second kappa shape index (κ2) is 13.7. The van der Waals surface area contributed by atoms with E-state index < -0.39 is 28.5 Å². The molecule has 4 rings (SSSR count). The summed E-state index contributed by atoms with van der Waals surface area (Å²) in [6, 6.07) is 29.6. The minimum Gasteiger partial charge on any atom is -0.357 e. The van der Waals surface area contributed by atoms with Crippen molar-refractivity contribution >= 4 is 50.7 Å². The van der Waals surface area contributed by atoms with Gasteiger partial charge in [-0.25, -0.2) is 8.42 Å². The molecule has 7 nitrogen and oxygen atoms in total. The van der Waals surface area contributed by atoms with Crippen LogP contribution in [0.15, 0.2) is 114 Å². The summed E-state index contributed by atoms with van der Waals surface area (Å²) >= 11 is 12.2. The van der Waals surface area contributed by atoms with Crippen molar-refractivity contribution in [3.63, 3.8) is 0 Å². The van der Waals surface area contributed by atoms with E-state index in [-0.39, 0.29) is 29.5 Å². The SMILES string of the molecule is CNC(=O)C(Cc1ccccc1)N(Cc1ccccc1)C(=O)CN(c1cccc(Cl)c1)S(=O)(=O)c1ccc(Cl)cc1. The van der Waals surface area contributed by atoms with Gasteiger partial charge < -0.3 is 10.2 Å². The van der Waals surface area contributed by atoms with Crippen LogP contribution in [0, 0.1) is 0 Å². The van der Waals surface area contributed by atoms with Crippen LogP contribution in [0.25, 0.3) is 0 Å². The average Bonchev–Trinajstić information content (AvgIpc) is 2.98. The van der Waals surface area contributed by atoms with E-state index in [9.17, 15) is 18.0 Å².